The summed E-state index contributed by atoms with van der Waals surface area (Å²) >= 11 is 3.34. The van der Waals surface area contributed by atoms with Crippen molar-refractivity contribution in [2.75, 3.05) is 0 Å². The number of benzene rings is 1. The predicted molar refractivity (Wildman–Crippen MR) is 90.0 cm³/mol. The molecule has 0 radical (unpaired) electrons. The maximum absolute atomic E-state index is 6.08. The molecule has 3 nitrogen and oxygen atoms in total. The summed E-state index contributed by atoms with van der Waals surface area (Å²) in [4.78, 5) is 9.16. The molecule has 1 atom stereocenters. The minimum atomic E-state index is 0.184. The third-order valence-corrected chi connectivity index (χ3v) is 5.47. The number of para-hydroxylation sites is 1. The molecular weight excluding hydrogens is 298 g/mol. The lowest BCUT2D eigenvalue weighted by atomic mass is 10.1. The summed E-state index contributed by atoms with van der Waals surface area (Å²) in [6.07, 6.45) is 3.66. The van der Waals surface area contributed by atoms with Crippen molar-refractivity contribution in [3.8, 4) is 0 Å². The molecule has 3 rings (SSSR count). The second-order valence-electron chi connectivity index (χ2n) is 4.89. The Labute approximate surface area is 132 Å². The second-order valence-corrected chi connectivity index (χ2v) is 7.16. The van der Waals surface area contributed by atoms with E-state index in [4.69, 9.17) is 5.73 Å². The molecule has 0 saturated heterocycles. The molecule has 108 valence electrons. The summed E-state index contributed by atoms with van der Waals surface area (Å²) in [5.74, 6) is 0. The first-order valence-corrected chi connectivity index (χ1v) is 8.62. The fourth-order valence-corrected chi connectivity index (χ4v) is 4.15. The number of pyridine rings is 1. The van der Waals surface area contributed by atoms with Crippen molar-refractivity contribution >= 4 is 33.3 Å². The molecule has 0 amide bonds. The van der Waals surface area contributed by atoms with Gasteiger partial charge in [0.2, 0.25) is 0 Å². The summed E-state index contributed by atoms with van der Waals surface area (Å²) in [5.41, 5.74) is 8.33. The summed E-state index contributed by atoms with van der Waals surface area (Å²) in [6.45, 7) is 2.11. The number of aromatic nitrogens is 2. The predicted octanol–water partition coefficient (Wildman–Crippen LogP) is 4.12. The summed E-state index contributed by atoms with van der Waals surface area (Å²) < 4.78 is 2.24. The van der Waals surface area contributed by atoms with Gasteiger partial charge in [0.25, 0.3) is 0 Å². The molecule has 1 aromatic carbocycles. The Balaban J connectivity index is 1.87. The van der Waals surface area contributed by atoms with Crippen LogP contribution in [0.25, 0.3) is 10.2 Å². The molecular formula is C16H17N3S2. The zero-order valence-electron chi connectivity index (χ0n) is 11.8. The fourth-order valence-electron chi connectivity index (χ4n) is 2.08. The average molecular weight is 315 g/mol. The highest BCUT2D eigenvalue weighted by Crippen LogP contribution is 2.35. The highest BCUT2D eigenvalue weighted by molar-refractivity contribution is 8.01. The Bertz CT molecular complexity index is 706. The molecule has 3 aromatic rings. The molecule has 1 unspecified atom stereocenters. The summed E-state index contributed by atoms with van der Waals surface area (Å²) in [5, 5.41) is 1.01. The van der Waals surface area contributed by atoms with Crippen LogP contribution in [0.3, 0.4) is 0 Å². The van der Waals surface area contributed by atoms with Crippen LogP contribution in [0, 0.1) is 0 Å². The van der Waals surface area contributed by atoms with E-state index in [1.807, 2.05) is 30.5 Å². The molecule has 0 aliphatic carbocycles. The van der Waals surface area contributed by atoms with Gasteiger partial charge in [0, 0.05) is 12.2 Å². The number of fused-ring (bicyclic) bond motifs is 1. The minimum Gasteiger partial charge on any atom is -0.327 e. The van der Waals surface area contributed by atoms with Crippen LogP contribution in [-0.2, 0) is 6.42 Å². The van der Waals surface area contributed by atoms with Gasteiger partial charge in [-0.15, -0.1) is 11.3 Å². The zero-order chi connectivity index (χ0) is 14.7. The lowest BCUT2D eigenvalue weighted by Crippen LogP contribution is -2.21. The van der Waals surface area contributed by atoms with Gasteiger partial charge >= 0.3 is 0 Å². The van der Waals surface area contributed by atoms with E-state index < -0.39 is 0 Å². The molecule has 2 N–H and O–H groups in total. The van der Waals surface area contributed by atoms with Gasteiger partial charge in [-0.3, -0.25) is 0 Å². The topological polar surface area (TPSA) is 51.8 Å². The SMILES string of the molecule is CCC(N)Cc1cccnc1Sc1nc2ccccc2s1. The minimum absolute atomic E-state index is 0.184. The molecule has 5 heteroatoms. The quantitative estimate of drug-likeness (QED) is 0.769. The van der Waals surface area contributed by atoms with Gasteiger partial charge in [-0.25, -0.2) is 9.97 Å². The van der Waals surface area contributed by atoms with E-state index >= 15 is 0 Å². The van der Waals surface area contributed by atoms with Crippen molar-refractivity contribution in [1.29, 1.82) is 0 Å². The maximum atomic E-state index is 6.08. The maximum Gasteiger partial charge on any atom is 0.157 e. The molecule has 0 bridgehead atoms. The number of hydrogen-bond acceptors (Lipinski definition) is 5. The molecule has 2 heterocycles. The lowest BCUT2D eigenvalue weighted by Gasteiger charge is -2.11. The number of hydrogen-bond donors (Lipinski definition) is 1. The van der Waals surface area contributed by atoms with Crippen molar-refractivity contribution in [2.45, 2.75) is 35.2 Å². The Hall–Kier alpha value is -1.43. The molecule has 0 spiro atoms. The van der Waals surface area contributed by atoms with Crippen molar-refractivity contribution in [3.63, 3.8) is 0 Å². The molecule has 0 aliphatic rings. The van der Waals surface area contributed by atoms with Crippen LogP contribution in [0.4, 0.5) is 0 Å². The Kier molecular flexibility index (Phi) is 4.53. The van der Waals surface area contributed by atoms with E-state index in [1.54, 1.807) is 23.1 Å². The first-order valence-electron chi connectivity index (χ1n) is 6.99. The number of nitrogens with zero attached hydrogens (tertiary/aromatic N) is 2. The molecule has 2 aromatic heterocycles. The first kappa shape index (κ1) is 14.5. The molecule has 0 saturated carbocycles. The third kappa shape index (κ3) is 3.43. The molecule has 0 aliphatic heterocycles. The van der Waals surface area contributed by atoms with Crippen molar-refractivity contribution in [1.82, 2.24) is 9.97 Å². The van der Waals surface area contributed by atoms with Gasteiger partial charge in [-0.2, -0.15) is 0 Å². The van der Waals surface area contributed by atoms with Crippen molar-refractivity contribution in [3.05, 3.63) is 48.2 Å². The van der Waals surface area contributed by atoms with Crippen LogP contribution in [0.15, 0.2) is 52.0 Å². The van der Waals surface area contributed by atoms with E-state index in [0.29, 0.717) is 0 Å². The van der Waals surface area contributed by atoms with Crippen molar-refractivity contribution < 1.29 is 0 Å². The number of thiazole rings is 1. The fraction of sp³-hybridized carbons (Fsp3) is 0.250. The zero-order valence-corrected chi connectivity index (χ0v) is 13.5. The Morgan fingerprint density at radius 1 is 1.24 bits per heavy atom. The van der Waals surface area contributed by atoms with Crippen LogP contribution < -0.4 is 5.73 Å². The van der Waals surface area contributed by atoms with E-state index in [-0.39, 0.29) is 6.04 Å². The van der Waals surface area contributed by atoms with E-state index in [9.17, 15) is 0 Å². The van der Waals surface area contributed by atoms with E-state index in [1.165, 1.54) is 10.3 Å². The standard InChI is InChI=1S/C16H17N3S2/c1-2-12(17)10-11-6-5-9-18-15(11)21-16-19-13-7-3-4-8-14(13)20-16/h3-9,12H,2,10,17H2,1H3. The largest absolute Gasteiger partial charge is 0.327 e. The van der Waals surface area contributed by atoms with Gasteiger partial charge in [0.15, 0.2) is 4.34 Å². The normalized spacial score (nSPS) is 12.7. The lowest BCUT2D eigenvalue weighted by molar-refractivity contribution is 0.637. The number of nitrogens with two attached hydrogens (primary N) is 1. The summed E-state index contributed by atoms with van der Waals surface area (Å²) in [7, 11) is 0. The number of rotatable bonds is 5. The van der Waals surface area contributed by atoms with Crippen LogP contribution in [0.2, 0.25) is 0 Å². The van der Waals surface area contributed by atoms with Crippen LogP contribution in [0.1, 0.15) is 18.9 Å². The van der Waals surface area contributed by atoms with Gasteiger partial charge in [-0.05, 0) is 48.4 Å². The van der Waals surface area contributed by atoms with Crippen LogP contribution in [-0.4, -0.2) is 16.0 Å². The highest BCUT2D eigenvalue weighted by atomic mass is 32.2. The van der Waals surface area contributed by atoms with Gasteiger partial charge in [0.05, 0.1) is 10.2 Å². The van der Waals surface area contributed by atoms with E-state index in [0.717, 1.165) is 27.7 Å². The van der Waals surface area contributed by atoms with Crippen molar-refractivity contribution in [2.24, 2.45) is 5.73 Å². The highest BCUT2D eigenvalue weighted by Gasteiger charge is 2.11. The summed E-state index contributed by atoms with van der Waals surface area (Å²) in [6, 6.07) is 12.5. The monoisotopic (exact) mass is 315 g/mol. The van der Waals surface area contributed by atoms with Crippen LogP contribution >= 0.6 is 23.1 Å². The Morgan fingerprint density at radius 2 is 2.10 bits per heavy atom. The smallest absolute Gasteiger partial charge is 0.157 e. The van der Waals surface area contributed by atoms with Gasteiger partial charge in [-0.1, -0.05) is 25.1 Å². The van der Waals surface area contributed by atoms with Crippen LogP contribution in [0.5, 0.6) is 0 Å². The average Bonchev–Trinajstić information content (AvgIpc) is 2.91. The molecule has 21 heavy (non-hydrogen) atoms. The second kappa shape index (κ2) is 6.56. The Morgan fingerprint density at radius 3 is 2.90 bits per heavy atom. The van der Waals surface area contributed by atoms with E-state index in [2.05, 4.69) is 29.0 Å². The first-order chi connectivity index (χ1) is 10.3. The molecule has 0 fully saturated rings. The third-order valence-electron chi connectivity index (χ3n) is 3.31. The van der Waals surface area contributed by atoms with Gasteiger partial charge in [0.1, 0.15) is 5.03 Å². The van der Waals surface area contributed by atoms with Gasteiger partial charge < -0.3 is 5.73 Å².